The van der Waals surface area contributed by atoms with E-state index in [-0.39, 0.29) is 5.54 Å². The summed E-state index contributed by atoms with van der Waals surface area (Å²) in [5.41, 5.74) is 1.99. The van der Waals surface area contributed by atoms with Gasteiger partial charge in [0.15, 0.2) is 0 Å². The van der Waals surface area contributed by atoms with Gasteiger partial charge in [-0.15, -0.1) is 11.8 Å². The van der Waals surface area contributed by atoms with Crippen molar-refractivity contribution in [1.82, 2.24) is 10.3 Å². The van der Waals surface area contributed by atoms with Gasteiger partial charge in [0.2, 0.25) is 0 Å². The van der Waals surface area contributed by atoms with Crippen molar-refractivity contribution < 1.29 is 0 Å². The highest BCUT2D eigenvalue weighted by molar-refractivity contribution is 7.99. The van der Waals surface area contributed by atoms with Crippen molar-refractivity contribution in [1.29, 1.82) is 5.26 Å². The smallest absolute Gasteiger partial charge is 0.107 e. The third-order valence-electron chi connectivity index (χ3n) is 3.76. The molecule has 0 spiro atoms. The molecular formula is C15H21N3S. The van der Waals surface area contributed by atoms with E-state index in [4.69, 9.17) is 0 Å². The first-order valence-corrected chi connectivity index (χ1v) is 7.67. The van der Waals surface area contributed by atoms with E-state index < -0.39 is 0 Å². The molecule has 0 saturated heterocycles. The molecule has 0 bridgehead atoms. The van der Waals surface area contributed by atoms with Crippen molar-refractivity contribution in [2.75, 3.05) is 7.05 Å². The summed E-state index contributed by atoms with van der Waals surface area (Å²) in [6.45, 7) is 4.14. The molecule has 1 N–H and O–H groups in total. The van der Waals surface area contributed by atoms with Gasteiger partial charge in [-0.05, 0) is 64.3 Å². The summed E-state index contributed by atoms with van der Waals surface area (Å²) in [7, 11) is 1.89. The summed E-state index contributed by atoms with van der Waals surface area (Å²) in [4.78, 5) is 4.59. The Balaban J connectivity index is 2.09. The predicted octanol–water partition coefficient (Wildman–Crippen LogP) is 3.21. The number of hydrogen-bond donors (Lipinski definition) is 1. The van der Waals surface area contributed by atoms with Crippen LogP contribution in [-0.2, 0) is 0 Å². The Bertz CT molecular complexity index is 474. The molecular weight excluding hydrogens is 254 g/mol. The van der Waals surface area contributed by atoms with E-state index in [0.717, 1.165) is 30.0 Å². The molecule has 2 unspecified atom stereocenters. The Morgan fingerprint density at radius 3 is 2.89 bits per heavy atom. The monoisotopic (exact) mass is 275 g/mol. The molecule has 0 amide bonds. The third-order valence-corrected chi connectivity index (χ3v) is 4.95. The van der Waals surface area contributed by atoms with Crippen LogP contribution in [0.2, 0.25) is 0 Å². The number of nitrogens with one attached hydrogen (secondary N) is 1. The van der Waals surface area contributed by atoms with Crippen molar-refractivity contribution in [3.05, 3.63) is 23.4 Å². The normalized spacial score (nSPS) is 26.9. The number of pyridine rings is 1. The van der Waals surface area contributed by atoms with Crippen molar-refractivity contribution >= 4 is 11.8 Å². The van der Waals surface area contributed by atoms with Crippen LogP contribution in [0, 0.1) is 25.2 Å². The zero-order valence-electron chi connectivity index (χ0n) is 11.9. The van der Waals surface area contributed by atoms with E-state index in [9.17, 15) is 5.26 Å². The van der Waals surface area contributed by atoms with Crippen LogP contribution in [0.15, 0.2) is 17.2 Å². The summed E-state index contributed by atoms with van der Waals surface area (Å²) in [6.07, 6.45) is 4.14. The van der Waals surface area contributed by atoms with E-state index in [1.165, 1.54) is 12.0 Å². The van der Waals surface area contributed by atoms with Gasteiger partial charge in [0.25, 0.3) is 0 Å². The first-order chi connectivity index (χ1) is 9.07. The third kappa shape index (κ3) is 3.49. The van der Waals surface area contributed by atoms with Crippen LogP contribution < -0.4 is 5.32 Å². The van der Waals surface area contributed by atoms with Gasteiger partial charge >= 0.3 is 0 Å². The lowest BCUT2D eigenvalue weighted by atomic mass is 9.83. The van der Waals surface area contributed by atoms with E-state index in [0.29, 0.717) is 5.25 Å². The summed E-state index contributed by atoms with van der Waals surface area (Å²) in [6, 6.07) is 6.69. The molecule has 1 aromatic heterocycles. The number of nitriles is 1. The van der Waals surface area contributed by atoms with E-state index >= 15 is 0 Å². The van der Waals surface area contributed by atoms with Gasteiger partial charge in [-0.2, -0.15) is 5.26 Å². The van der Waals surface area contributed by atoms with Gasteiger partial charge in [-0.3, -0.25) is 0 Å². The molecule has 2 rings (SSSR count). The predicted molar refractivity (Wildman–Crippen MR) is 79.2 cm³/mol. The van der Waals surface area contributed by atoms with Crippen LogP contribution in [0.3, 0.4) is 0 Å². The lowest BCUT2D eigenvalue weighted by Crippen LogP contribution is -2.46. The molecule has 0 aliphatic heterocycles. The van der Waals surface area contributed by atoms with Gasteiger partial charge in [-0.1, -0.05) is 0 Å². The molecule has 1 aromatic rings. The SMILES string of the molecule is CNC1(C#N)CCCC(Sc2cc(C)cc(C)n2)C1. The van der Waals surface area contributed by atoms with Gasteiger partial charge in [0, 0.05) is 10.9 Å². The molecule has 1 saturated carbocycles. The Morgan fingerprint density at radius 1 is 1.47 bits per heavy atom. The fourth-order valence-electron chi connectivity index (χ4n) is 2.74. The molecule has 1 heterocycles. The summed E-state index contributed by atoms with van der Waals surface area (Å²) < 4.78 is 0. The van der Waals surface area contributed by atoms with Crippen LogP contribution in [-0.4, -0.2) is 22.8 Å². The van der Waals surface area contributed by atoms with Crippen molar-refractivity contribution in [3.8, 4) is 6.07 Å². The first-order valence-electron chi connectivity index (χ1n) is 6.79. The minimum Gasteiger partial charge on any atom is -0.302 e. The molecule has 4 heteroatoms. The van der Waals surface area contributed by atoms with Crippen LogP contribution in [0.4, 0.5) is 0 Å². The number of aromatic nitrogens is 1. The van der Waals surface area contributed by atoms with Crippen molar-refractivity contribution in [2.45, 2.75) is 55.3 Å². The van der Waals surface area contributed by atoms with Gasteiger partial charge in [0.05, 0.1) is 11.1 Å². The molecule has 0 radical (unpaired) electrons. The van der Waals surface area contributed by atoms with Gasteiger partial charge < -0.3 is 5.32 Å². The highest BCUT2D eigenvalue weighted by Gasteiger charge is 2.35. The van der Waals surface area contributed by atoms with Crippen LogP contribution in [0.5, 0.6) is 0 Å². The lowest BCUT2D eigenvalue weighted by molar-refractivity contribution is 0.323. The highest BCUT2D eigenvalue weighted by Crippen LogP contribution is 2.37. The average molecular weight is 275 g/mol. The topological polar surface area (TPSA) is 48.7 Å². The molecule has 3 nitrogen and oxygen atoms in total. The quantitative estimate of drug-likeness (QED) is 0.920. The maximum Gasteiger partial charge on any atom is 0.107 e. The van der Waals surface area contributed by atoms with Crippen molar-refractivity contribution in [2.24, 2.45) is 0 Å². The van der Waals surface area contributed by atoms with E-state index in [2.05, 4.69) is 35.4 Å². The Labute approximate surface area is 119 Å². The number of nitrogens with zero attached hydrogens (tertiary/aromatic N) is 2. The Morgan fingerprint density at radius 2 is 2.26 bits per heavy atom. The largest absolute Gasteiger partial charge is 0.302 e. The molecule has 19 heavy (non-hydrogen) atoms. The molecule has 1 aliphatic rings. The fourth-order valence-corrected chi connectivity index (χ4v) is 4.19. The van der Waals surface area contributed by atoms with Gasteiger partial charge in [-0.25, -0.2) is 4.98 Å². The second-order valence-corrected chi connectivity index (χ2v) is 6.72. The molecule has 102 valence electrons. The minimum absolute atomic E-state index is 0.339. The number of thioether (sulfide) groups is 1. The number of aryl methyl sites for hydroxylation is 2. The standard InChI is InChI=1S/C15H21N3S/c1-11-7-12(2)18-14(8-11)19-13-5-4-6-15(9-13,10-16)17-3/h7-8,13,17H,4-6,9H2,1-3H3. The molecule has 1 aliphatic carbocycles. The minimum atomic E-state index is -0.339. The fraction of sp³-hybridized carbons (Fsp3) is 0.600. The molecule has 1 fully saturated rings. The molecule has 0 aromatic carbocycles. The second kappa shape index (κ2) is 5.94. The van der Waals surface area contributed by atoms with Crippen LogP contribution in [0.25, 0.3) is 0 Å². The van der Waals surface area contributed by atoms with Crippen LogP contribution >= 0.6 is 11.8 Å². The maximum absolute atomic E-state index is 9.38. The first kappa shape index (κ1) is 14.4. The van der Waals surface area contributed by atoms with Crippen molar-refractivity contribution in [3.63, 3.8) is 0 Å². The lowest BCUT2D eigenvalue weighted by Gasteiger charge is -2.35. The van der Waals surface area contributed by atoms with E-state index in [1.54, 1.807) is 0 Å². The zero-order valence-corrected chi connectivity index (χ0v) is 12.7. The van der Waals surface area contributed by atoms with E-state index in [1.807, 2.05) is 25.7 Å². The average Bonchev–Trinajstić information content (AvgIpc) is 2.37. The molecule has 2 atom stereocenters. The zero-order chi connectivity index (χ0) is 13.9. The summed E-state index contributed by atoms with van der Waals surface area (Å²) in [5.74, 6) is 0. The number of rotatable bonds is 3. The highest BCUT2D eigenvalue weighted by atomic mass is 32.2. The Hall–Kier alpha value is -1.05. The summed E-state index contributed by atoms with van der Waals surface area (Å²) in [5, 5.41) is 14.2. The number of hydrogen-bond acceptors (Lipinski definition) is 4. The maximum atomic E-state index is 9.38. The van der Waals surface area contributed by atoms with Gasteiger partial charge in [0.1, 0.15) is 5.54 Å². The van der Waals surface area contributed by atoms with Crippen LogP contribution in [0.1, 0.15) is 36.9 Å². The summed E-state index contributed by atoms with van der Waals surface area (Å²) >= 11 is 1.82. The Kier molecular flexibility index (Phi) is 4.49. The second-order valence-electron chi connectivity index (χ2n) is 5.40.